The molecule has 1 aromatic rings. The molecule has 3 fully saturated rings. The first kappa shape index (κ1) is 17.0. The van der Waals surface area contributed by atoms with E-state index in [-0.39, 0.29) is 11.3 Å². The molecule has 4 rings (SSSR count). The molecule has 4 heterocycles. The molecule has 0 unspecified atom stereocenters. The van der Waals surface area contributed by atoms with Gasteiger partial charge in [-0.15, -0.1) is 0 Å². The fourth-order valence-corrected chi connectivity index (χ4v) is 4.63. The van der Waals surface area contributed by atoms with Gasteiger partial charge in [0.25, 0.3) is 0 Å². The van der Waals surface area contributed by atoms with Crippen molar-refractivity contribution in [1.29, 1.82) is 0 Å². The van der Waals surface area contributed by atoms with Crippen molar-refractivity contribution < 1.29 is 14.3 Å². The Kier molecular flexibility index (Phi) is 4.80. The lowest BCUT2D eigenvalue weighted by molar-refractivity contribution is -0.144. The molecule has 0 N–H and O–H groups in total. The summed E-state index contributed by atoms with van der Waals surface area (Å²) in [5, 5.41) is 4.27. The minimum atomic E-state index is 0.0653. The standard InChI is InChI=1S/C18H28N4O3/c1-20-11-15(10-19-20)12-21-13-16(17(23)22-4-8-25-9-5-22)18(14-21)2-6-24-7-3-18/h10-11,16H,2-9,12-14H2,1H3/t16-/m1/s1. The fraction of sp³-hybridized carbons (Fsp3) is 0.778. The number of carbonyl (C=O) groups excluding carboxylic acids is 1. The SMILES string of the molecule is Cn1cc(CN2C[C@H](C(=O)N3CCOCC3)C3(CCOCC3)C2)cn1. The van der Waals surface area contributed by atoms with Crippen LogP contribution in [0.1, 0.15) is 18.4 Å². The van der Waals surface area contributed by atoms with Gasteiger partial charge in [-0.2, -0.15) is 5.10 Å². The molecule has 1 amide bonds. The number of amides is 1. The van der Waals surface area contributed by atoms with E-state index in [9.17, 15) is 4.79 Å². The van der Waals surface area contributed by atoms with E-state index in [1.807, 2.05) is 22.8 Å². The average Bonchev–Trinajstić information content (AvgIpc) is 3.19. The normalized spacial score (nSPS) is 27.1. The molecule has 138 valence electrons. The number of rotatable bonds is 3. The summed E-state index contributed by atoms with van der Waals surface area (Å²) in [6.45, 7) is 7.00. The van der Waals surface area contributed by atoms with Crippen LogP contribution in [0.4, 0.5) is 0 Å². The van der Waals surface area contributed by atoms with Crippen LogP contribution in [0.15, 0.2) is 12.4 Å². The van der Waals surface area contributed by atoms with Crippen LogP contribution in [0.2, 0.25) is 0 Å². The first-order valence-electron chi connectivity index (χ1n) is 9.30. The third-order valence-corrected chi connectivity index (χ3v) is 5.99. The highest BCUT2D eigenvalue weighted by Crippen LogP contribution is 2.45. The van der Waals surface area contributed by atoms with Crippen LogP contribution in [-0.4, -0.2) is 78.1 Å². The van der Waals surface area contributed by atoms with Crippen LogP contribution in [0.3, 0.4) is 0 Å². The van der Waals surface area contributed by atoms with Crippen molar-refractivity contribution >= 4 is 5.91 Å². The predicted molar refractivity (Wildman–Crippen MR) is 91.9 cm³/mol. The summed E-state index contributed by atoms with van der Waals surface area (Å²) in [4.78, 5) is 17.7. The van der Waals surface area contributed by atoms with Gasteiger partial charge in [-0.3, -0.25) is 14.4 Å². The largest absolute Gasteiger partial charge is 0.381 e. The van der Waals surface area contributed by atoms with E-state index in [0.29, 0.717) is 19.1 Å². The van der Waals surface area contributed by atoms with Gasteiger partial charge in [-0.25, -0.2) is 0 Å². The minimum Gasteiger partial charge on any atom is -0.381 e. The van der Waals surface area contributed by atoms with Crippen LogP contribution in [0.5, 0.6) is 0 Å². The second-order valence-electron chi connectivity index (χ2n) is 7.66. The van der Waals surface area contributed by atoms with Crippen LogP contribution in [0, 0.1) is 11.3 Å². The van der Waals surface area contributed by atoms with Crippen LogP contribution < -0.4 is 0 Å². The zero-order chi connectivity index (χ0) is 17.3. The average molecular weight is 348 g/mol. The molecule has 25 heavy (non-hydrogen) atoms. The first-order valence-corrected chi connectivity index (χ1v) is 9.30. The van der Waals surface area contributed by atoms with E-state index >= 15 is 0 Å². The number of aryl methyl sites for hydroxylation is 1. The molecule has 0 saturated carbocycles. The second-order valence-corrected chi connectivity index (χ2v) is 7.66. The third kappa shape index (κ3) is 3.45. The van der Waals surface area contributed by atoms with Gasteiger partial charge in [0.05, 0.1) is 25.3 Å². The van der Waals surface area contributed by atoms with Gasteiger partial charge in [0.2, 0.25) is 5.91 Å². The molecule has 3 aliphatic rings. The van der Waals surface area contributed by atoms with Crippen molar-refractivity contribution in [1.82, 2.24) is 19.6 Å². The maximum absolute atomic E-state index is 13.3. The van der Waals surface area contributed by atoms with Crippen molar-refractivity contribution in [2.75, 3.05) is 52.6 Å². The molecule has 1 aromatic heterocycles. The fourth-order valence-electron chi connectivity index (χ4n) is 4.63. The summed E-state index contributed by atoms with van der Waals surface area (Å²) in [5.41, 5.74) is 1.28. The highest BCUT2D eigenvalue weighted by Gasteiger charge is 2.51. The Morgan fingerprint density at radius 1 is 1.24 bits per heavy atom. The van der Waals surface area contributed by atoms with Gasteiger partial charge in [0, 0.05) is 70.2 Å². The number of hydrogen-bond acceptors (Lipinski definition) is 5. The number of carbonyl (C=O) groups is 1. The summed E-state index contributed by atoms with van der Waals surface area (Å²) in [6.07, 6.45) is 5.95. The van der Waals surface area contributed by atoms with Gasteiger partial charge in [-0.05, 0) is 12.8 Å². The Hall–Kier alpha value is -1.44. The zero-order valence-corrected chi connectivity index (χ0v) is 15.0. The topological polar surface area (TPSA) is 59.8 Å². The summed E-state index contributed by atoms with van der Waals surface area (Å²) < 4.78 is 12.9. The molecule has 1 spiro atoms. The molecule has 1 atom stereocenters. The van der Waals surface area contributed by atoms with Crippen LogP contribution in [0.25, 0.3) is 0 Å². The molecule has 7 heteroatoms. The number of nitrogens with zero attached hydrogens (tertiary/aromatic N) is 4. The maximum atomic E-state index is 13.3. The molecule has 3 aliphatic heterocycles. The Bertz CT molecular complexity index is 605. The summed E-state index contributed by atoms with van der Waals surface area (Å²) >= 11 is 0. The van der Waals surface area contributed by atoms with Crippen molar-refractivity contribution in [2.24, 2.45) is 18.4 Å². The molecule has 7 nitrogen and oxygen atoms in total. The summed E-state index contributed by atoms with van der Waals surface area (Å²) in [7, 11) is 1.94. The number of ether oxygens (including phenoxy) is 2. The molecular formula is C18H28N4O3. The van der Waals surface area contributed by atoms with E-state index in [2.05, 4.69) is 16.2 Å². The first-order chi connectivity index (χ1) is 12.2. The Morgan fingerprint density at radius 2 is 1.96 bits per heavy atom. The zero-order valence-electron chi connectivity index (χ0n) is 15.0. The number of likely N-dealkylation sites (tertiary alicyclic amines) is 1. The number of hydrogen-bond donors (Lipinski definition) is 0. The van der Waals surface area contributed by atoms with Crippen molar-refractivity contribution in [2.45, 2.75) is 19.4 Å². The number of morpholine rings is 1. The van der Waals surface area contributed by atoms with E-state index in [1.54, 1.807) is 0 Å². The van der Waals surface area contributed by atoms with E-state index in [1.165, 1.54) is 5.56 Å². The minimum absolute atomic E-state index is 0.0653. The lowest BCUT2D eigenvalue weighted by Gasteiger charge is -2.40. The number of aromatic nitrogens is 2. The summed E-state index contributed by atoms with van der Waals surface area (Å²) in [5.74, 6) is 0.394. The van der Waals surface area contributed by atoms with Crippen molar-refractivity contribution in [3.8, 4) is 0 Å². The second kappa shape index (κ2) is 7.05. The Balaban J connectivity index is 1.51. The van der Waals surface area contributed by atoms with Gasteiger partial charge < -0.3 is 14.4 Å². The molecule has 0 aliphatic carbocycles. The van der Waals surface area contributed by atoms with E-state index in [4.69, 9.17) is 9.47 Å². The predicted octanol–water partition coefficient (Wildman–Crippen LogP) is 0.508. The lowest BCUT2D eigenvalue weighted by atomic mass is 9.71. The van der Waals surface area contributed by atoms with Crippen LogP contribution in [-0.2, 0) is 27.9 Å². The van der Waals surface area contributed by atoms with Crippen LogP contribution >= 0.6 is 0 Å². The molecule has 0 bridgehead atoms. The van der Waals surface area contributed by atoms with E-state index in [0.717, 1.165) is 58.8 Å². The molecule has 0 radical (unpaired) electrons. The van der Waals surface area contributed by atoms with E-state index < -0.39 is 0 Å². The molecule has 3 saturated heterocycles. The molecular weight excluding hydrogens is 320 g/mol. The monoisotopic (exact) mass is 348 g/mol. The Labute approximate surface area is 148 Å². The molecule has 0 aromatic carbocycles. The van der Waals surface area contributed by atoms with Crippen molar-refractivity contribution in [3.63, 3.8) is 0 Å². The summed E-state index contributed by atoms with van der Waals surface area (Å²) in [6, 6.07) is 0. The third-order valence-electron chi connectivity index (χ3n) is 5.99. The smallest absolute Gasteiger partial charge is 0.227 e. The van der Waals surface area contributed by atoms with Gasteiger partial charge in [0.1, 0.15) is 0 Å². The van der Waals surface area contributed by atoms with Gasteiger partial charge in [0.15, 0.2) is 0 Å². The lowest BCUT2D eigenvalue weighted by Crippen LogP contribution is -2.49. The highest BCUT2D eigenvalue weighted by atomic mass is 16.5. The van der Waals surface area contributed by atoms with Gasteiger partial charge >= 0.3 is 0 Å². The quantitative estimate of drug-likeness (QED) is 0.796. The van der Waals surface area contributed by atoms with Crippen molar-refractivity contribution in [3.05, 3.63) is 18.0 Å². The Morgan fingerprint density at radius 3 is 2.64 bits per heavy atom. The highest BCUT2D eigenvalue weighted by molar-refractivity contribution is 5.80. The maximum Gasteiger partial charge on any atom is 0.227 e. The van der Waals surface area contributed by atoms with Gasteiger partial charge in [-0.1, -0.05) is 0 Å².